The summed E-state index contributed by atoms with van der Waals surface area (Å²) in [5.41, 5.74) is 0.252. The molecule has 0 heterocycles. The van der Waals surface area contributed by atoms with Gasteiger partial charge in [-0.3, -0.25) is 0 Å². The van der Waals surface area contributed by atoms with Crippen LogP contribution in [0, 0.1) is 5.41 Å². The van der Waals surface area contributed by atoms with E-state index in [1.54, 1.807) is 4.90 Å². The highest BCUT2D eigenvalue weighted by Crippen LogP contribution is 2.35. The molecule has 0 spiro atoms. The molecule has 1 unspecified atom stereocenters. The normalized spacial score (nSPS) is 24.7. The molecular formula is C12H24N2O. The molecular weight excluding hydrogens is 188 g/mol. The van der Waals surface area contributed by atoms with Crippen molar-refractivity contribution in [1.82, 2.24) is 10.2 Å². The molecule has 0 bridgehead atoms. The summed E-state index contributed by atoms with van der Waals surface area (Å²) in [4.78, 5) is 13.5. The van der Waals surface area contributed by atoms with Crippen LogP contribution in [-0.4, -0.2) is 30.6 Å². The Balaban J connectivity index is 2.52. The van der Waals surface area contributed by atoms with Gasteiger partial charge in [-0.25, -0.2) is 4.79 Å². The van der Waals surface area contributed by atoms with Gasteiger partial charge in [-0.15, -0.1) is 0 Å². The van der Waals surface area contributed by atoms with Gasteiger partial charge in [0.05, 0.1) is 0 Å². The molecule has 1 fully saturated rings. The minimum absolute atomic E-state index is 0.0671. The van der Waals surface area contributed by atoms with E-state index in [-0.39, 0.29) is 11.4 Å². The van der Waals surface area contributed by atoms with Crippen LogP contribution in [0.3, 0.4) is 0 Å². The first kappa shape index (κ1) is 12.3. The van der Waals surface area contributed by atoms with Gasteiger partial charge in [-0.1, -0.05) is 26.7 Å². The molecule has 1 atom stereocenters. The van der Waals surface area contributed by atoms with Crippen molar-refractivity contribution in [2.75, 3.05) is 13.6 Å². The molecule has 2 amide bonds. The van der Waals surface area contributed by atoms with Gasteiger partial charge in [0.2, 0.25) is 0 Å². The lowest BCUT2D eigenvalue weighted by Gasteiger charge is -2.39. The van der Waals surface area contributed by atoms with Gasteiger partial charge in [0.25, 0.3) is 0 Å². The first-order valence-corrected chi connectivity index (χ1v) is 5.99. The Morgan fingerprint density at radius 3 is 2.67 bits per heavy atom. The standard InChI is InChI=1S/C12H24N2O/c1-5-14(4)11(15)13-10-8-6-7-9-12(10,2)3/h10H,5-9H2,1-4H3,(H,13,15). The molecule has 0 aliphatic heterocycles. The van der Waals surface area contributed by atoms with E-state index in [0.717, 1.165) is 13.0 Å². The fraction of sp³-hybridized carbons (Fsp3) is 0.917. The van der Waals surface area contributed by atoms with Crippen LogP contribution in [0.4, 0.5) is 4.79 Å². The number of rotatable bonds is 2. The lowest BCUT2D eigenvalue weighted by atomic mass is 9.73. The van der Waals surface area contributed by atoms with E-state index in [9.17, 15) is 4.79 Å². The molecule has 15 heavy (non-hydrogen) atoms. The number of carbonyl (C=O) groups excluding carboxylic acids is 1. The SMILES string of the molecule is CCN(C)C(=O)NC1CCCCC1(C)C. The quantitative estimate of drug-likeness (QED) is 0.749. The molecule has 1 saturated carbocycles. The third-order valence-electron chi connectivity index (χ3n) is 3.63. The molecule has 3 heteroatoms. The van der Waals surface area contributed by atoms with E-state index in [4.69, 9.17) is 0 Å². The predicted molar refractivity (Wildman–Crippen MR) is 62.9 cm³/mol. The van der Waals surface area contributed by atoms with Crippen LogP contribution in [0.25, 0.3) is 0 Å². The van der Waals surface area contributed by atoms with Crippen molar-refractivity contribution in [3.05, 3.63) is 0 Å². The molecule has 1 N–H and O–H groups in total. The average Bonchev–Trinajstić information content (AvgIpc) is 2.19. The lowest BCUT2D eigenvalue weighted by molar-refractivity contribution is 0.153. The van der Waals surface area contributed by atoms with Crippen LogP contribution in [0.15, 0.2) is 0 Å². The van der Waals surface area contributed by atoms with Crippen molar-refractivity contribution in [2.24, 2.45) is 5.41 Å². The Bertz CT molecular complexity index is 226. The van der Waals surface area contributed by atoms with Gasteiger partial charge in [-0.2, -0.15) is 0 Å². The maximum atomic E-state index is 11.7. The van der Waals surface area contributed by atoms with Crippen LogP contribution < -0.4 is 5.32 Å². The van der Waals surface area contributed by atoms with Crippen LogP contribution in [0.1, 0.15) is 46.5 Å². The molecule has 88 valence electrons. The molecule has 1 aliphatic carbocycles. The van der Waals surface area contributed by atoms with Gasteiger partial charge in [0, 0.05) is 19.6 Å². The molecule has 1 aliphatic rings. The maximum absolute atomic E-state index is 11.7. The largest absolute Gasteiger partial charge is 0.335 e. The van der Waals surface area contributed by atoms with E-state index in [1.807, 2.05) is 14.0 Å². The number of nitrogens with one attached hydrogen (secondary N) is 1. The summed E-state index contributed by atoms with van der Waals surface area (Å²) in [6.45, 7) is 7.26. The zero-order valence-electron chi connectivity index (χ0n) is 10.5. The highest BCUT2D eigenvalue weighted by atomic mass is 16.2. The smallest absolute Gasteiger partial charge is 0.317 e. The summed E-state index contributed by atoms with van der Waals surface area (Å²) >= 11 is 0. The van der Waals surface area contributed by atoms with E-state index in [1.165, 1.54) is 19.3 Å². The summed E-state index contributed by atoms with van der Waals surface area (Å²) in [7, 11) is 1.84. The second-order valence-electron chi connectivity index (χ2n) is 5.25. The summed E-state index contributed by atoms with van der Waals surface area (Å²) in [6, 6.07) is 0.408. The topological polar surface area (TPSA) is 32.3 Å². The lowest BCUT2D eigenvalue weighted by Crippen LogP contribution is -2.50. The van der Waals surface area contributed by atoms with Gasteiger partial charge in [-0.05, 0) is 25.2 Å². The third-order valence-corrected chi connectivity index (χ3v) is 3.63. The molecule has 0 aromatic rings. The van der Waals surface area contributed by atoms with Crippen LogP contribution in [0.2, 0.25) is 0 Å². The van der Waals surface area contributed by atoms with Crippen molar-refractivity contribution in [2.45, 2.75) is 52.5 Å². The number of amides is 2. The van der Waals surface area contributed by atoms with Gasteiger partial charge in [0.15, 0.2) is 0 Å². The summed E-state index contributed by atoms with van der Waals surface area (Å²) < 4.78 is 0. The number of urea groups is 1. The van der Waals surface area contributed by atoms with Crippen LogP contribution >= 0.6 is 0 Å². The molecule has 0 aromatic carbocycles. The van der Waals surface area contributed by atoms with Gasteiger partial charge < -0.3 is 10.2 Å². The highest BCUT2D eigenvalue weighted by Gasteiger charge is 2.33. The fourth-order valence-corrected chi connectivity index (χ4v) is 2.16. The third kappa shape index (κ3) is 3.11. The number of hydrogen-bond acceptors (Lipinski definition) is 1. The van der Waals surface area contributed by atoms with Crippen molar-refractivity contribution in [3.8, 4) is 0 Å². The number of hydrogen-bond donors (Lipinski definition) is 1. The first-order chi connectivity index (χ1) is 6.97. The Kier molecular flexibility index (Phi) is 4.00. The molecule has 0 saturated heterocycles. The van der Waals surface area contributed by atoms with Crippen molar-refractivity contribution < 1.29 is 4.79 Å². The summed E-state index contributed by atoms with van der Waals surface area (Å²) in [6.07, 6.45) is 4.87. The second kappa shape index (κ2) is 4.86. The first-order valence-electron chi connectivity index (χ1n) is 5.99. The minimum Gasteiger partial charge on any atom is -0.335 e. The summed E-state index contributed by atoms with van der Waals surface area (Å²) in [5, 5.41) is 3.15. The van der Waals surface area contributed by atoms with Gasteiger partial charge in [0.1, 0.15) is 0 Å². The average molecular weight is 212 g/mol. The van der Waals surface area contributed by atoms with Crippen LogP contribution in [0.5, 0.6) is 0 Å². The Hall–Kier alpha value is -0.730. The minimum atomic E-state index is 0.0671. The second-order valence-corrected chi connectivity index (χ2v) is 5.25. The number of carbonyl (C=O) groups is 1. The van der Waals surface area contributed by atoms with E-state index >= 15 is 0 Å². The molecule has 0 aromatic heterocycles. The highest BCUT2D eigenvalue weighted by molar-refractivity contribution is 5.74. The fourth-order valence-electron chi connectivity index (χ4n) is 2.16. The Morgan fingerprint density at radius 1 is 1.47 bits per heavy atom. The van der Waals surface area contributed by atoms with Crippen LogP contribution in [-0.2, 0) is 0 Å². The molecule has 3 nitrogen and oxygen atoms in total. The summed E-state index contributed by atoms with van der Waals surface area (Å²) in [5.74, 6) is 0. The Morgan fingerprint density at radius 2 is 2.13 bits per heavy atom. The zero-order chi connectivity index (χ0) is 11.5. The van der Waals surface area contributed by atoms with E-state index in [2.05, 4.69) is 19.2 Å². The van der Waals surface area contributed by atoms with Gasteiger partial charge >= 0.3 is 6.03 Å². The monoisotopic (exact) mass is 212 g/mol. The predicted octanol–water partition coefficient (Wildman–Crippen LogP) is 2.62. The Labute approximate surface area is 93.2 Å². The maximum Gasteiger partial charge on any atom is 0.317 e. The van der Waals surface area contributed by atoms with Crippen molar-refractivity contribution in [1.29, 1.82) is 0 Å². The van der Waals surface area contributed by atoms with Crippen molar-refractivity contribution >= 4 is 6.03 Å². The number of nitrogens with zero attached hydrogens (tertiary/aromatic N) is 1. The zero-order valence-corrected chi connectivity index (χ0v) is 10.5. The van der Waals surface area contributed by atoms with Crippen molar-refractivity contribution in [3.63, 3.8) is 0 Å². The molecule has 1 rings (SSSR count). The van der Waals surface area contributed by atoms with E-state index < -0.39 is 0 Å². The van der Waals surface area contributed by atoms with E-state index in [0.29, 0.717) is 6.04 Å². The molecule has 0 radical (unpaired) electrons.